The highest BCUT2D eigenvalue weighted by Gasteiger charge is 2.17. The van der Waals surface area contributed by atoms with Gasteiger partial charge in [0.25, 0.3) is 5.91 Å². The van der Waals surface area contributed by atoms with Gasteiger partial charge in [0.15, 0.2) is 10.4 Å². The number of rotatable bonds is 4. The summed E-state index contributed by atoms with van der Waals surface area (Å²) >= 11 is 4.54. The number of carbonyl (C=O) groups excluding carboxylic acids is 1. The summed E-state index contributed by atoms with van der Waals surface area (Å²) in [4.78, 5) is 12.2. The third-order valence-electron chi connectivity index (χ3n) is 3.56. The van der Waals surface area contributed by atoms with Gasteiger partial charge in [0, 0.05) is 11.1 Å². The number of hydrogen-bond acceptors (Lipinski definition) is 5. The third kappa shape index (κ3) is 3.57. The first kappa shape index (κ1) is 16.9. The lowest BCUT2D eigenvalue weighted by molar-refractivity contribution is 0.0994. The van der Waals surface area contributed by atoms with Crippen LogP contribution in [0.25, 0.3) is 10.6 Å². The van der Waals surface area contributed by atoms with E-state index in [1.54, 1.807) is 6.07 Å². The number of hydrogen-bond donors (Lipinski definition) is 1. The second-order valence-corrected chi connectivity index (χ2v) is 7.46. The van der Waals surface area contributed by atoms with Gasteiger partial charge in [-0.15, -0.1) is 10.2 Å². The fraction of sp³-hybridized carbons (Fsp3) is 0.235. The van der Waals surface area contributed by atoms with Crippen LogP contribution in [0.15, 0.2) is 39.4 Å². The molecule has 0 fully saturated rings. The van der Waals surface area contributed by atoms with Crippen molar-refractivity contribution in [3.63, 3.8) is 0 Å². The Labute approximate surface area is 152 Å². The Balaban J connectivity index is 1.76. The predicted octanol–water partition coefficient (Wildman–Crippen LogP) is 5.24. The number of furan rings is 1. The Morgan fingerprint density at radius 1 is 1.25 bits per heavy atom. The minimum absolute atomic E-state index is 0.264. The molecule has 0 aliphatic rings. The van der Waals surface area contributed by atoms with E-state index in [0.717, 1.165) is 16.1 Å². The first-order valence-electron chi connectivity index (χ1n) is 7.45. The Hall–Kier alpha value is -1.99. The van der Waals surface area contributed by atoms with Crippen LogP contribution < -0.4 is 5.32 Å². The Kier molecular flexibility index (Phi) is 4.82. The number of aromatic nitrogens is 2. The standard InChI is InChI=1S/C17H16BrN3O2S/c1-9(2)11-4-6-12(7-5-11)16-20-21-17(24-16)19-15(22)14-10(3)8-13(18)23-14/h4-9H,1-3H3,(H,19,21,22). The maximum atomic E-state index is 12.2. The van der Waals surface area contributed by atoms with E-state index < -0.39 is 0 Å². The van der Waals surface area contributed by atoms with Crippen molar-refractivity contribution in [2.24, 2.45) is 0 Å². The number of carbonyl (C=O) groups is 1. The minimum atomic E-state index is -0.337. The zero-order valence-electron chi connectivity index (χ0n) is 13.5. The molecule has 1 aromatic carbocycles. The van der Waals surface area contributed by atoms with Crippen LogP contribution in [0.4, 0.5) is 5.13 Å². The van der Waals surface area contributed by atoms with Gasteiger partial charge in [0.05, 0.1) is 0 Å². The molecule has 1 N–H and O–H groups in total. The fourth-order valence-electron chi connectivity index (χ4n) is 2.22. The maximum Gasteiger partial charge on any atom is 0.293 e. The molecular formula is C17H16BrN3O2S. The van der Waals surface area contributed by atoms with Crippen LogP contribution in [0.2, 0.25) is 0 Å². The smallest absolute Gasteiger partial charge is 0.293 e. The Morgan fingerprint density at radius 2 is 1.96 bits per heavy atom. The van der Waals surface area contributed by atoms with Crippen LogP contribution >= 0.6 is 27.3 Å². The van der Waals surface area contributed by atoms with Crippen molar-refractivity contribution in [3.8, 4) is 10.6 Å². The molecule has 0 radical (unpaired) electrons. The molecule has 7 heteroatoms. The van der Waals surface area contributed by atoms with Crippen LogP contribution in [0, 0.1) is 6.92 Å². The number of anilines is 1. The molecule has 2 aromatic heterocycles. The van der Waals surface area contributed by atoms with Gasteiger partial charge in [0.2, 0.25) is 5.13 Å². The molecule has 0 spiro atoms. The topological polar surface area (TPSA) is 68.0 Å². The summed E-state index contributed by atoms with van der Waals surface area (Å²) in [5.41, 5.74) is 3.01. The molecule has 24 heavy (non-hydrogen) atoms. The highest BCUT2D eigenvalue weighted by Crippen LogP contribution is 2.28. The molecule has 3 rings (SSSR count). The number of nitrogens with zero attached hydrogens (tertiary/aromatic N) is 2. The maximum absolute atomic E-state index is 12.2. The van der Waals surface area contributed by atoms with Gasteiger partial charge >= 0.3 is 0 Å². The summed E-state index contributed by atoms with van der Waals surface area (Å²) < 4.78 is 5.86. The van der Waals surface area contributed by atoms with E-state index in [0.29, 0.717) is 15.7 Å². The molecule has 0 saturated carbocycles. The monoisotopic (exact) mass is 405 g/mol. The highest BCUT2D eigenvalue weighted by molar-refractivity contribution is 9.10. The first-order chi connectivity index (χ1) is 11.4. The van der Waals surface area contributed by atoms with Crippen molar-refractivity contribution in [2.75, 3.05) is 5.32 Å². The number of amides is 1. The molecular weight excluding hydrogens is 390 g/mol. The lowest BCUT2D eigenvalue weighted by Gasteiger charge is -2.04. The lowest BCUT2D eigenvalue weighted by atomic mass is 10.0. The summed E-state index contributed by atoms with van der Waals surface area (Å²) in [6, 6.07) is 9.97. The van der Waals surface area contributed by atoms with Crippen molar-refractivity contribution in [3.05, 3.63) is 51.9 Å². The predicted molar refractivity (Wildman–Crippen MR) is 98.5 cm³/mol. The van der Waals surface area contributed by atoms with E-state index in [1.165, 1.54) is 16.9 Å². The molecule has 2 heterocycles. The van der Waals surface area contributed by atoms with E-state index >= 15 is 0 Å². The number of nitrogens with one attached hydrogen (secondary N) is 1. The van der Waals surface area contributed by atoms with Crippen molar-refractivity contribution in [1.82, 2.24) is 10.2 Å². The Morgan fingerprint density at radius 3 is 2.54 bits per heavy atom. The zero-order valence-corrected chi connectivity index (χ0v) is 15.9. The van der Waals surface area contributed by atoms with E-state index in [9.17, 15) is 4.79 Å². The van der Waals surface area contributed by atoms with Gasteiger partial charge in [-0.3, -0.25) is 10.1 Å². The van der Waals surface area contributed by atoms with Crippen LogP contribution in [-0.2, 0) is 0 Å². The third-order valence-corrected chi connectivity index (χ3v) is 4.84. The minimum Gasteiger partial charge on any atom is -0.444 e. The van der Waals surface area contributed by atoms with Crippen molar-refractivity contribution < 1.29 is 9.21 Å². The summed E-state index contributed by atoms with van der Waals surface area (Å²) in [7, 11) is 0. The number of halogens is 1. The number of benzene rings is 1. The van der Waals surface area contributed by atoms with Crippen LogP contribution in [0.5, 0.6) is 0 Å². The normalized spacial score (nSPS) is 11.0. The fourth-order valence-corrected chi connectivity index (χ4v) is 3.47. The highest BCUT2D eigenvalue weighted by atomic mass is 79.9. The molecule has 5 nitrogen and oxygen atoms in total. The molecule has 0 bridgehead atoms. The Bertz CT molecular complexity index is 868. The average Bonchev–Trinajstić information content (AvgIpc) is 3.13. The molecule has 124 valence electrons. The van der Waals surface area contributed by atoms with Crippen LogP contribution in [-0.4, -0.2) is 16.1 Å². The average molecular weight is 406 g/mol. The van der Waals surface area contributed by atoms with Gasteiger partial charge in [-0.25, -0.2) is 0 Å². The van der Waals surface area contributed by atoms with E-state index in [1.807, 2.05) is 19.1 Å². The van der Waals surface area contributed by atoms with Gasteiger partial charge in [-0.1, -0.05) is 49.4 Å². The molecule has 0 aliphatic carbocycles. The second kappa shape index (κ2) is 6.86. The van der Waals surface area contributed by atoms with Gasteiger partial charge in [-0.2, -0.15) is 0 Å². The first-order valence-corrected chi connectivity index (χ1v) is 9.06. The summed E-state index contributed by atoms with van der Waals surface area (Å²) in [6.45, 7) is 6.12. The molecule has 0 atom stereocenters. The van der Waals surface area contributed by atoms with Gasteiger partial charge in [0.1, 0.15) is 5.01 Å². The largest absolute Gasteiger partial charge is 0.444 e. The molecule has 0 unspecified atom stereocenters. The van der Waals surface area contributed by atoms with E-state index in [4.69, 9.17) is 4.42 Å². The SMILES string of the molecule is Cc1cc(Br)oc1C(=O)Nc1nnc(-c2ccc(C(C)C)cc2)s1. The van der Waals surface area contributed by atoms with Crippen LogP contribution in [0.3, 0.4) is 0 Å². The summed E-state index contributed by atoms with van der Waals surface area (Å²) in [6.07, 6.45) is 0. The summed E-state index contributed by atoms with van der Waals surface area (Å²) in [5, 5.41) is 12.1. The quantitative estimate of drug-likeness (QED) is 0.643. The molecule has 0 saturated heterocycles. The van der Waals surface area contributed by atoms with Crippen molar-refractivity contribution in [2.45, 2.75) is 26.7 Å². The van der Waals surface area contributed by atoms with Crippen molar-refractivity contribution in [1.29, 1.82) is 0 Å². The van der Waals surface area contributed by atoms with Crippen LogP contribution in [0.1, 0.15) is 41.4 Å². The zero-order chi connectivity index (χ0) is 17.3. The van der Waals surface area contributed by atoms with E-state index in [-0.39, 0.29) is 11.7 Å². The molecule has 1 amide bonds. The van der Waals surface area contributed by atoms with Gasteiger partial charge < -0.3 is 4.42 Å². The molecule has 0 aliphatic heterocycles. The second-order valence-electron chi connectivity index (χ2n) is 5.71. The van der Waals surface area contributed by atoms with Crippen molar-refractivity contribution >= 4 is 38.3 Å². The summed E-state index contributed by atoms with van der Waals surface area (Å²) in [5.74, 6) is 0.412. The lowest BCUT2D eigenvalue weighted by Crippen LogP contribution is -2.11. The number of aryl methyl sites for hydroxylation is 1. The van der Waals surface area contributed by atoms with Gasteiger partial charge in [-0.05, 0) is 40.4 Å². The van der Waals surface area contributed by atoms with E-state index in [2.05, 4.69) is 57.4 Å². The molecule has 3 aromatic rings.